The molecule has 1 atom stereocenters. The Morgan fingerprint density at radius 3 is 2.75 bits per heavy atom. The lowest BCUT2D eigenvalue weighted by Gasteiger charge is -2.20. The Bertz CT molecular complexity index is 1280. The van der Waals surface area contributed by atoms with E-state index in [4.69, 9.17) is 0 Å². The first kappa shape index (κ1) is 23.7. The van der Waals surface area contributed by atoms with Gasteiger partial charge in [-0.25, -0.2) is 13.8 Å². The van der Waals surface area contributed by atoms with Gasteiger partial charge in [-0.15, -0.1) is 0 Å². The smallest absolute Gasteiger partial charge is 0.257 e. The van der Waals surface area contributed by atoms with Gasteiger partial charge in [0.25, 0.3) is 5.91 Å². The molecule has 3 heterocycles. The zero-order chi connectivity index (χ0) is 25.1. The number of fused-ring (bicyclic) bond motifs is 1. The van der Waals surface area contributed by atoms with E-state index in [-0.39, 0.29) is 29.4 Å². The maximum atomic E-state index is 14.2. The van der Waals surface area contributed by atoms with Crippen LogP contribution in [0.4, 0.5) is 26.2 Å². The molecule has 5 rings (SSSR count). The highest BCUT2D eigenvalue weighted by Gasteiger charge is 2.27. The average Bonchev–Trinajstić information content (AvgIpc) is 3.21. The highest BCUT2D eigenvalue weighted by molar-refractivity contribution is 6.01. The minimum atomic E-state index is -0.702. The quantitative estimate of drug-likeness (QED) is 0.488. The number of halogens is 2. The number of aromatic nitrogens is 2. The van der Waals surface area contributed by atoms with E-state index in [9.17, 15) is 18.4 Å². The molecular weight excluding hydrogens is 466 g/mol. The van der Waals surface area contributed by atoms with Gasteiger partial charge < -0.3 is 20.9 Å². The van der Waals surface area contributed by atoms with Crippen molar-refractivity contribution in [2.24, 2.45) is 0 Å². The largest absolute Gasteiger partial charge is 0.365 e. The van der Waals surface area contributed by atoms with Crippen LogP contribution in [0.5, 0.6) is 0 Å². The van der Waals surface area contributed by atoms with Gasteiger partial charge in [-0.3, -0.25) is 9.59 Å². The van der Waals surface area contributed by atoms with Crippen LogP contribution in [-0.2, 0) is 17.8 Å². The standard InChI is InChI=1S/C26H26F2N6O2/c27-19-7-5-8-20(28)17(19)14-30-23-18(24(35)32-21-9-3-4-12-29-25(21)36)15-31-26(33-23)34-13-11-16-6-1-2-10-22(16)34/h1-2,5-8,10,15,21H,3-4,9,11-14H2,(H,29,36)(H,32,35)(H,30,31,33). The molecule has 0 aliphatic carbocycles. The van der Waals surface area contributed by atoms with E-state index < -0.39 is 23.6 Å². The van der Waals surface area contributed by atoms with Crippen molar-refractivity contribution in [3.63, 3.8) is 0 Å². The summed E-state index contributed by atoms with van der Waals surface area (Å²) in [6.07, 6.45) is 4.36. The van der Waals surface area contributed by atoms with Crippen LogP contribution < -0.4 is 20.9 Å². The predicted octanol–water partition coefficient (Wildman–Crippen LogP) is 3.46. The summed E-state index contributed by atoms with van der Waals surface area (Å²) in [4.78, 5) is 36.5. The molecule has 2 aromatic carbocycles. The lowest BCUT2D eigenvalue weighted by molar-refractivity contribution is -0.122. The number of rotatable bonds is 6. The summed E-state index contributed by atoms with van der Waals surface area (Å²) in [7, 11) is 0. The van der Waals surface area contributed by atoms with Crippen LogP contribution in [0, 0.1) is 11.6 Å². The summed E-state index contributed by atoms with van der Waals surface area (Å²) in [5.41, 5.74) is 2.04. The minimum absolute atomic E-state index is 0.0834. The molecule has 0 saturated carbocycles. The molecular formula is C26H26F2N6O2. The first-order chi connectivity index (χ1) is 17.5. The molecule has 1 unspecified atom stereocenters. The number of carbonyl (C=O) groups excluding carboxylic acids is 2. The molecule has 1 aromatic heterocycles. The molecule has 3 aromatic rings. The van der Waals surface area contributed by atoms with Crippen LogP contribution in [0.3, 0.4) is 0 Å². The lowest BCUT2D eigenvalue weighted by Crippen LogP contribution is -2.45. The van der Waals surface area contributed by atoms with Gasteiger partial charge in [0.2, 0.25) is 11.9 Å². The van der Waals surface area contributed by atoms with Crippen molar-refractivity contribution in [3.05, 3.63) is 77.0 Å². The number of hydrogen-bond acceptors (Lipinski definition) is 6. The van der Waals surface area contributed by atoms with Crippen LogP contribution in [-0.4, -0.2) is 40.9 Å². The van der Waals surface area contributed by atoms with E-state index in [0.717, 1.165) is 30.5 Å². The summed E-state index contributed by atoms with van der Waals surface area (Å²) in [6, 6.07) is 10.9. The summed E-state index contributed by atoms with van der Waals surface area (Å²) < 4.78 is 28.5. The molecule has 2 aliphatic rings. The molecule has 0 radical (unpaired) electrons. The van der Waals surface area contributed by atoms with Crippen molar-refractivity contribution < 1.29 is 18.4 Å². The third kappa shape index (κ3) is 4.84. The average molecular weight is 493 g/mol. The molecule has 1 saturated heterocycles. The Labute approximate surface area is 207 Å². The third-order valence-electron chi connectivity index (χ3n) is 6.48. The Kier molecular flexibility index (Phi) is 6.75. The highest BCUT2D eigenvalue weighted by Crippen LogP contribution is 2.33. The fourth-order valence-electron chi connectivity index (χ4n) is 4.54. The first-order valence-corrected chi connectivity index (χ1v) is 12.0. The Morgan fingerprint density at radius 2 is 1.92 bits per heavy atom. The van der Waals surface area contributed by atoms with Gasteiger partial charge in [0, 0.05) is 37.1 Å². The van der Waals surface area contributed by atoms with Gasteiger partial charge >= 0.3 is 0 Å². The second kappa shape index (κ2) is 10.3. The highest BCUT2D eigenvalue weighted by atomic mass is 19.1. The Morgan fingerprint density at radius 1 is 1.11 bits per heavy atom. The normalized spacial score (nSPS) is 17.2. The van der Waals surface area contributed by atoms with Crippen molar-refractivity contribution in [3.8, 4) is 0 Å². The molecule has 0 spiro atoms. The SMILES string of the molecule is O=C(NC1CCCCNC1=O)c1cnc(N2CCc3ccccc32)nc1NCc1c(F)cccc1F. The van der Waals surface area contributed by atoms with E-state index in [0.29, 0.717) is 25.5 Å². The summed E-state index contributed by atoms with van der Waals surface area (Å²) in [6.45, 7) is 1.01. The number of hydrogen-bond donors (Lipinski definition) is 3. The fraction of sp³-hybridized carbons (Fsp3) is 0.308. The topological polar surface area (TPSA) is 99.2 Å². The van der Waals surface area contributed by atoms with Crippen LogP contribution in [0.2, 0.25) is 0 Å². The van der Waals surface area contributed by atoms with Crippen LogP contribution in [0.15, 0.2) is 48.7 Å². The lowest BCUT2D eigenvalue weighted by atomic mass is 10.1. The predicted molar refractivity (Wildman–Crippen MR) is 131 cm³/mol. The van der Waals surface area contributed by atoms with Crippen LogP contribution in [0.1, 0.15) is 40.7 Å². The zero-order valence-electron chi connectivity index (χ0n) is 19.6. The minimum Gasteiger partial charge on any atom is -0.365 e. The number of carbonyl (C=O) groups is 2. The molecule has 36 heavy (non-hydrogen) atoms. The number of anilines is 3. The van der Waals surface area contributed by atoms with Crippen molar-refractivity contribution in [2.75, 3.05) is 23.3 Å². The molecule has 0 bridgehead atoms. The van der Waals surface area contributed by atoms with E-state index in [1.54, 1.807) is 0 Å². The molecule has 1 fully saturated rings. The van der Waals surface area contributed by atoms with Gasteiger partial charge in [-0.05, 0) is 49.4 Å². The van der Waals surface area contributed by atoms with Crippen LogP contribution in [0.25, 0.3) is 0 Å². The maximum Gasteiger partial charge on any atom is 0.257 e. The number of amides is 2. The third-order valence-corrected chi connectivity index (χ3v) is 6.48. The van der Waals surface area contributed by atoms with Crippen molar-refractivity contribution in [1.29, 1.82) is 0 Å². The molecule has 3 N–H and O–H groups in total. The van der Waals surface area contributed by atoms with E-state index in [2.05, 4.69) is 25.9 Å². The van der Waals surface area contributed by atoms with Gasteiger partial charge in [0.15, 0.2) is 0 Å². The second-order valence-electron chi connectivity index (χ2n) is 8.83. The summed E-state index contributed by atoms with van der Waals surface area (Å²) >= 11 is 0. The first-order valence-electron chi connectivity index (χ1n) is 12.0. The monoisotopic (exact) mass is 492 g/mol. The number of nitrogens with zero attached hydrogens (tertiary/aromatic N) is 3. The molecule has 10 heteroatoms. The molecule has 186 valence electrons. The second-order valence-corrected chi connectivity index (χ2v) is 8.83. The van der Waals surface area contributed by atoms with Crippen molar-refractivity contribution >= 4 is 29.3 Å². The van der Waals surface area contributed by atoms with Gasteiger partial charge in [0.1, 0.15) is 29.1 Å². The summed E-state index contributed by atoms with van der Waals surface area (Å²) in [5, 5.41) is 8.47. The zero-order valence-corrected chi connectivity index (χ0v) is 19.6. The molecule has 8 nitrogen and oxygen atoms in total. The number of benzene rings is 2. The Hall–Kier alpha value is -4.08. The van der Waals surface area contributed by atoms with Gasteiger partial charge in [-0.1, -0.05) is 24.3 Å². The fourth-order valence-corrected chi connectivity index (χ4v) is 4.54. The number of para-hydroxylation sites is 1. The van der Waals surface area contributed by atoms with Crippen molar-refractivity contribution in [1.82, 2.24) is 20.6 Å². The number of nitrogens with one attached hydrogen (secondary N) is 3. The molecule has 2 amide bonds. The summed E-state index contributed by atoms with van der Waals surface area (Å²) in [5.74, 6) is -1.70. The maximum absolute atomic E-state index is 14.2. The Balaban J connectivity index is 1.45. The van der Waals surface area contributed by atoms with Crippen molar-refractivity contribution in [2.45, 2.75) is 38.3 Å². The van der Waals surface area contributed by atoms with Gasteiger partial charge in [0.05, 0.1) is 0 Å². The van der Waals surface area contributed by atoms with Crippen LogP contribution >= 0.6 is 0 Å². The molecule has 2 aliphatic heterocycles. The van der Waals surface area contributed by atoms with E-state index in [1.165, 1.54) is 24.4 Å². The van der Waals surface area contributed by atoms with Gasteiger partial charge in [-0.2, -0.15) is 4.98 Å². The van der Waals surface area contributed by atoms with E-state index in [1.807, 2.05) is 29.2 Å². The van der Waals surface area contributed by atoms with E-state index >= 15 is 0 Å².